The molecule has 14 heavy (non-hydrogen) atoms. The standard InChI is InChI=1S/C10H20N2O2/c1-11(2)7-8-12-6-4-3-5-9(12)10(13)14/h9H,3-8H2,1-2H3,(H,13,14). The van der Waals surface area contributed by atoms with Gasteiger partial charge in [0.05, 0.1) is 0 Å². The highest BCUT2D eigenvalue weighted by Gasteiger charge is 2.27. The molecule has 1 heterocycles. The van der Waals surface area contributed by atoms with Gasteiger partial charge in [0.2, 0.25) is 0 Å². The fraction of sp³-hybridized carbons (Fsp3) is 0.900. The van der Waals surface area contributed by atoms with Crippen molar-refractivity contribution in [3.05, 3.63) is 0 Å². The van der Waals surface area contributed by atoms with Crippen LogP contribution in [-0.4, -0.2) is 60.6 Å². The number of hydrogen-bond acceptors (Lipinski definition) is 3. The number of likely N-dealkylation sites (tertiary alicyclic amines) is 1. The molecule has 0 bridgehead atoms. The Kier molecular flexibility index (Phi) is 4.35. The molecule has 1 atom stereocenters. The summed E-state index contributed by atoms with van der Waals surface area (Å²) in [5.41, 5.74) is 0. The van der Waals surface area contributed by atoms with Crippen LogP contribution in [0.4, 0.5) is 0 Å². The highest BCUT2D eigenvalue weighted by atomic mass is 16.4. The number of likely N-dealkylation sites (N-methyl/N-ethyl adjacent to an activating group) is 1. The van der Waals surface area contributed by atoms with E-state index in [4.69, 9.17) is 5.11 Å². The van der Waals surface area contributed by atoms with Crippen molar-refractivity contribution >= 4 is 5.97 Å². The van der Waals surface area contributed by atoms with Gasteiger partial charge in [0.25, 0.3) is 0 Å². The van der Waals surface area contributed by atoms with Crippen LogP contribution in [0.25, 0.3) is 0 Å². The van der Waals surface area contributed by atoms with E-state index < -0.39 is 5.97 Å². The summed E-state index contributed by atoms with van der Waals surface area (Å²) >= 11 is 0. The number of hydrogen-bond donors (Lipinski definition) is 1. The van der Waals surface area contributed by atoms with E-state index in [-0.39, 0.29) is 6.04 Å². The van der Waals surface area contributed by atoms with E-state index in [1.54, 1.807) is 0 Å². The minimum absolute atomic E-state index is 0.247. The molecule has 0 aliphatic carbocycles. The van der Waals surface area contributed by atoms with Crippen molar-refractivity contribution in [3.8, 4) is 0 Å². The Balaban J connectivity index is 2.42. The van der Waals surface area contributed by atoms with Crippen molar-refractivity contribution in [2.75, 3.05) is 33.7 Å². The predicted octanol–water partition coefficient (Wildman–Crippen LogP) is 0.487. The molecule has 0 amide bonds. The first-order valence-corrected chi connectivity index (χ1v) is 5.23. The molecule has 1 N–H and O–H groups in total. The average molecular weight is 200 g/mol. The number of carboxylic acid groups (broad SMARTS) is 1. The van der Waals surface area contributed by atoms with E-state index in [1.807, 2.05) is 14.1 Å². The lowest BCUT2D eigenvalue weighted by molar-refractivity contribution is -0.144. The van der Waals surface area contributed by atoms with Crippen molar-refractivity contribution in [1.29, 1.82) is 0 Å². The molecule has 0 saturated carbocycles. The van der Waals surface area contributed by atoms with Crippen LogP contribution in [0.2, 0.25) is 0 Å². The molecule has 1 rings (SSSR count). The zero-order chi connectivity index (χ0) is 10.6. The van der Waals surface area contributed by atoms with Crippen LogP contribution in [0.3, 0.4) is 0 Å². The van der Waals surface area contributed by atoms with Gasteiger partial charge in [-0.25, -0.2) is 0 Å². The van der Waals surface area contributed by atoms with Crippen LogP contribution in [-0.2, 0) is 4.79 Å². The van der Waals surface area contributed by atoms with Crippen molar-refractivity contribution in [2.45, 2.75) is 25.3 Å². The normalized spacial score (nSPS) is 24.1. The molecule has 1 aliphatic heterocycles. The number of piperidine rings is 1. The Hall–Kier alpha value is -0.610. The maximum absolute atomic E-state index is 11.0. The summed E-state index contributed by atoms with van der Waals surface area (Å²) in [5.74, 6) is -0.663. The molecular formula is C10H20N2O2. The van der Waals surface area contributed by atoms with Gasteiger partial charge in [0, 0.05) is 13.1 Å². The molecular weight excluding hydrogens is 180 g/mol. The fourth-order valence-electron chi connectivity index (χ4n) is 1.87. The van der Waals surface area contributed by atoms with Gasteiger partial charge in [0.15, 0.2) is 0 Å². The Labute approximate surface area is 85.5 Å². The molecule has 1 saturated heterocycles. The fourth-order valence-corrected chi connectivity index (χ4v) is 1.87. The molecule has 0 radical (unpaired) electrons. The monoisotopic (exact) mass is 200 g/mol. The molecule has 0 aromatic heterocycles. The van der Waals surface area contributed by atoms with Crippen LogP contribution in [0.15, 0.2) is 0 Å². The van der Waals surface area contributed by atoms with Gasteiger partial charge in [0.1, 0.15) is 6.04 Å². The molecule has 4 heteroatoms. The predicted molar refractivity (Wildman–Crippen MR) is 55.4 cm³/mol. The van der Waals surface area contributed by atoms with E-state index >= 15 is 0 Å². The van der Waals surface area contributed by atoms with Crippen molar-refractivity contribution < 1.29 is 9.90 Å². The molecule has 0 aromatic carbocycles. The molecule has 4 nitrogen and oxygen atoms in total. The lowest BCUT2D eigenvalue weighted by atomic mass is 10.0. The average Bonchev–Trinajstić information content (AvgIpc) is 2.15. The van der Waals surface area contributed by atoms with Gasteiger partial charge in [-0.1, -0.05) is 6.42 Å². The maximum atomic E-state index is 11.0. The van der Waals surface area contributed by atoms with Crippen molar-refractivity contribution in [3.63, 3.8) is 0 Å². The summed E-state index contributed by atoms with van der Waals surface area (Å²) in [6.07, 6.45) is 3.00. The summed E-state index contributed by atoms with van der Waals surface area (Å²) in [6, 6.07) is -0.247. The third-order valence-corrected chi connectivity index (χ3v) is 2.73. The second kappa shape index (κ2) is 5.32. The Morgan fingerprint density at radius 2 is 2.21 bits per heavy atom. The van der Waals surface area contributed by atoms with Gasteiger partial charge in [-0.15, -0.1) is 0 Å². The largest absolute Gasteiger partial charge is 0.480 e. The Morgan fingerprint density at radius 3 is 2.79 bits per heavy atom. The summed E-state index contributed by atoms with van der Waals surface area (Å²) in [5, 5.41) is 9.02. The first-order valence-electron chi connectivity index (χ1n) is 5.23. The van der Waals surface area contributed by atoms with Gasteiger partial charge in [-0.05, 0) is 33.5 Å². The second-order valence-electron chi connectivity index (χ2n) is 4.19. The van der Waals surface area contributed by atoms with E-state index in [2.05, 4.69) is 9.80 Å². The number of aliphatic carboxylic acids is 1. The second-order valence-corrected chi connectivity index (χ2v) is 4.19. The number of rotatable bonds is 4. The van der Waals surface area contributed by atoms with Crippen LogP contribution < -0.4 is 0 Å². The van der Waals surface area contributed by atoms with Crippen LogP contribution in [0.1, 0.15) is 19.3 Å². The molecule has 82 valence electrons. The first-order chi connectivity index (χ1) is 6.61. The highest BCUT2D eigenvalue weighted by Crippen LogP contribution is 2.16. The highest BCUT2D eigenvalue weighted by molar-refractivity contribution is 5.73. The van der Waals surface area contributed by atoms with E-state index in [9.17, 15) is 4.79 Å². The third-order valence-electron chi connectivity index (χ3n) is 2.73. The van der Waals surface area contributed by atoms with Crippen LogP contribution in [0.5, 0.6) is 0 Å². The quantitative estimate of drug-likeness (QED) is 0.717. The Bertz CT molecular complexity index is 195. The van der Waals surface area contributed by atoms with Crippen molar-refractivity contribution in [1.82, 2.24) is 9.80 Å². The molecule has 1 aliphatic rings. The van der Waals surface area contributed by atoms with Crippen LogP contribution in [0, 0.1) is 0 Å². The Morgan fingerprint density at radius 1 is 1.50 bits per heavy atom. The van der Waals surface area contributed by atoms with Gasteiger partial charge < -0.3 is 10.0 Å². The van der Waals surface area contributed by atoms with Crippen molar-refractivity contribution in [2.24, 2.45) is 0 Å². The summed E-state index contributed by atoms with van der Waals surface area (Å²) in [4.78, 5) is 15.1. The topological polar surface area (TPSA) is 43.8 Å². The van der Waals surface area contributed by atoms with E-state index in [1.165, 1.54) is 0 Å². The summed E-state index contributed by atoms with van der Waals surface area (Å²) in [6.45, 7) is 2.73. The zero-order valence-corrected chi connectivity index (χ0v) is 9.07. The number of nitrogens with zero attached hydrogens (tertiary/aromatic N) is 2. The minimum Gasteiger partial charge on any atom is -0.480 e. The van der Waals surface area contributed by atoms with Crippen LogP contribution >= 0.6 is 0 Å². The molecule has 1 unspecified atom stereocenters. The van der Waals surface area contributed by atoms with Gasteiger partial charge in [-0.2, -0.15) is 0 Å². The lowest BCUT2D eigenvalue weighted by Gasteiger charge is -2.33. The zero-order valence-electron chi connectivity index (χ0n) is 9.07. The van der Waals surface area contributed by atoms with Gasteiger partial charge >= 0.3 is 5.97 Å². The van der Waals surface area contributed by atoms with E-state index in [0.29, 0.717) is 0 Å². The first kappa shape index (κ1) is 11.5. The SMILES string of the molecule is CN(C)CCN1CCCCC1C(=O)O. The maximum Gasteiger partial charge on any atom is 0.320 e. The summed E-state index contributed by atoms with van der Waals surface area (Å²) in [7, 11) is 4.03. The smallest absolute Gasteiger partial charge is 0.320 e. The van der Waals surface area contributed by atoms with Gasteiger partial charge in [-0.3, -0.25) is 9.69 Å². The van der Waals surface area contributed by atoms with E-state index in [0.717, 1.165) is 38.9 Å². The molecule has 0 spiro atoms. The summed E-state index contributed by atoms with van der Waals surface area (Å²) < 4.78 is 0. The molecule has 1 fully saturated rings. The minimum atomic E-state index is -0.663. The lowest BCUT2D eigenvalue weighted by Crippen LogP contribution is -2.47. The number of carboxylic acids is 1. The molecule has 0 aromatic rings. The third kappa shape index (κ3) is 3.27. The number of carbonyl (C=O) groups is 1.